The molecule has 0 radical (unpaired) electrons. The van der Waals surface area contributed by atoms with Gasteiger partial charge in [-0.25, -0.2) is 0 Å². The van der Waals surface area contributed by atoms with Crippen LogP contribution in [0, 0.1) is 5.92 Å². The first-order valence-corrected chi connectivity index (χ1v) is 11.3. The van der Waals surface area contributed by atoms with Gasteiger partial charge in [0.1, 0.15) is 5.75 Å². The summed E-state index contributed by atoms with van der Waals surface area (Å²) in [6.07, 6.45) is 4.11. The molecule has 160 valence electrons. The second kappa shape index (κ2) is 9.71. The van der Waals surface area contributed by atoms with E-state index in [2.05, 4.69) is 15.1 Å². The SMILES string of the molecule is O=C(NC(Cc1ccc(O)cc1)CN1CCCC1)[C@@H]1CCN(c2ccc(Cl)cc2)C1. The number of hydrogen-bond donors (Lipinski definition) is 2. The number of nitrogens with one attached hydrogen (secondary N) is 1. The molecule has 1 amide bonds. The van der Waals surface area contributed by atoms with E-state index in [9.17, 15) is 9.90 Å². The van der Waals surface area contributed by atoms with Crippen molar-refractivity contribution in [3.63, 3.8) is 0 Å². The number of benzene rings is 2. The van der Waals surface area contributed by atoms with Crippen molar-refractivity contribution in [2.24, 2.45) is 5.92 Å². The van der Waals surface area contributed by atoms with Crippen LogP contribution in [-0.2, 0) is 11.2 Å². The third-order valence-corrected chi connectivity index (χ3v) is 6.44. The van der Waals surface area contributed by atoms with Gasteiger partial charge in [0.25, 0.3) is 0 Å². The van der Waals surface area contributed by atoms with Crippen LogP contribution in [0.3, 0.4) is 0 Å². The Labute approximate surface area is 183 Å². The molecule has 2 aromatic rings. The predicted molar refractivity (Wildman–Crippen MR) is 121 cm³/mol. The zero-order chi connectivity index (χ0) is 20.9. The minimum Gasteiger partial charge on any atom is -0.508 e. The van der Waals surface area contributed by atoms with Gasteiger partial charge in [-0.05, 0) is 80.7 Å². The first kappa shape index (κ1) is 21.0. The summed E-state index contributed by atoms with van der Waals surface area (Å²) in [5, 5.41) is 13.6. The molecule has 4 rings (SSSR count). The van der Waals surface area contributed by atoms with Gasteiger partial charge >= 0.3 is 0 Å². The number of halogens is 1. The van der Waals surface area contributed by atoms with Gasteiger partial charge in [-0.3, -0.25) is 4.79 Å². The summed E-state index contributed by atoms with van der Waals surface area (Å²) < 4.78 is 0. The van der Waals surface area contributed by atoms with Gasteiger partial charge in [-0.2, -0.15) is 0 Å². The first-order chi connectivity index (χ1) is 14.6. The Morgan fingerprint density at radius 3 is 2.47 bits per heavy atom. The lowest BCUT2D eigenvalue weighted by atomic mass is 10.0. The molecule has 0 saturated carbocycles. The molecule has 6 heteroatoms. The van der Waals surface area contributed by atoms with Crippen LogP contribution < -0.4 is 10.2 Å². The van der Waals surface area contributed by atoms with E-state index >= 15 is 0 Å². The number of aromatic hydroxyl groups is 1. The van der Waals surface area contributed by atoms with Crippen molar-refractivity contribution >= 4 is 23.2 Å². The Bertz CT molecular complexity index is 835. The zero-order valence-corrected chi connectivity index (χ0v) is 18.0. The van der Waals surface area contributed by atoms with E-state index in [-0.39, 0.29) is 23.6 Å². The van der Waals surface area contributed by atoms with Crippen LogP contribution in [-0.4, -0.2) is 54.7 Å². The van der Waals surface area contributed by atoms with Crippen LogP contribution in [0.5, 0.6) is 5.75 Å². The van der Waals surface area contributed by atoms with Gasteiger partial charge in [0, 0.05) is 36.4 Å². The van der Waals surface area contributed by atoms with Crippen LogP contribution in [0.25, 0.3) is 0 Å². The van der Waals surface area contributed by atoms with E-state index in [0.717, 1.165) is 61.8 Å². The minimum atomic E-state index is 0.00146. The summed E-state index contributed by atoms with van der Waals surface area (Å²) in [5.41, 5.74) is 2.25. The summed E-state index contributed by atoms with van der Waals surface area (Å²) in [6, 6.07) is 15.2. The molecular formula is C24H30ClN3O2. The van der Waals surface area contributed by atoms with Gasteiger partial charge in [0.2, 0.25) is 5.91 Å². The standard InChI is InChI=1S/C24H30ClN3O2/c25-20-5-7-22(8-6-20)28-14-11-19(16-28)24(30)26-21(17-27-12-1-2-13-27)15-18-3-9-23(29)10-4-18/h3-10,19,21,29H,1-2,11-17H2,(H,26,30)/t19-,21?/m1/s1. The highest BCUT2D eigenvalue weighted by atomic mass is 35.5. The number of hydrogen-bond acceptors (Lipinski definition) is 4. The van der Waals surface area contributed by atoms with E-state index in [1.165, 1.54) is 12.8 Å². The topological polar surface area (TPSA) is 55.8 Å². The predicted octanol–water partition coefficient (Wildman–Crippen LogP) is 3.70. The number of nitrogens with zero attached hydrogens (tertiary/aromatic N) is 2. The molecule has 2 aromatic carbocycles. The maximum atomic E-state index is 13.1. The number of phenols is 1. The third kappa shape index (κ3) is 5.46. The van der Waals surface area contributed by atoms with E-state index in [1.54, 1.807) is 12.1 Å². The quantitative estimate of drug-likeness (QED) is 0.707. The zero-order valence-electron chi connectivity index (χ0n) is 17.3. The lowest BCUT2D eigenvalue weighted by Crippen LogP contribution is -2.46. The van der Waals surface area contributed by atoms with Crippen molar-refractivity contribution in [3.8, 4) is 5.75 Å². The largest absolute Gasteiger partial charge is 0.508 e. The summed E-state index contributed by atoms with van der Waals surface area (Å²) in [4.78, 5) is 17.8. The van der Waals surface area contributed by atoms with Gasteiger partial charge in [-0.1, -0.05) is 23.7 Å². The molecule has 0 aromatic heterocycles. The molecule has 2 heterocycles. The highest BCUT2D eigenvalue weighted by molar-refractivity contribution is 6.30. The van der Waals surface area contributed by atoms with Crippen molar-refractivity contribution in [3.05, 3.63) is 59.1 Å². The molecule has 2 N–H and O–H groups in total. The van der Waals surface area contributed by atoms with Crippen molar-refractivity contribution in [2.75, 3.05) is 37.6 Å². The smallest absolute Gasteiger partial charge is 0.225 e. The third-order valence-electron chi connectivity index (χ3n) is 6.19. The lowest BCUT2D eigenvalue weighted by Gasteiger charge is -2.26. The fourth-order valence-electron chi connectivity index (χ4n) is 4.53. The van der Waals surface area contributed by atoms with Gasteiger partial charge in [-0.15, -0.1) is 0 Å². The van der Waals surface area contributed by atoms with Crippen molar-refractivity contribution in [1.29, 1.82) is 0 Å². The number of rotatable bonds is 7. The molecule has 2 saturated heterocycles. The maximum absolute atomic E-state index is 13.1. The van der Waals surface area contributed by atoms with Crippen LogP contribution in [0.2, 0.25) is 5.02 Å². The number of phenolic OH excluding ortho intramolecular Hbond substituents is 1. The lowest BCUT2D eigenvalue weighted by molar-refractivity contribution is -0.125. The molecule has 0 bridgehead atoms. The van der Waals surface area contributed by atoms with Crippen LogP contribution in [0.4, 0.5) is 5.69 Å². The molecule has 0 aliphatic carbocycles. The van der Waals surface area contributed by atoms with E-state index in [4.69, 9.17) is 11.6 Å². The minimum absolute atomic E-state index is 0.00146. The van der Waals surface area contributed by atoms with Gasteiger partial charge in [0.05, 0.1) is 5.92 Å². The summed E-state index contributed by atoms with van der Waals surface area (Å²) >= 11 is 6.00. The molecule has 2 fully saturated rings. The van der Waals surface area contributed by atoms with E-state index in [1.807, 2.05) is 36.4 Å². The number of carbonyl (C=O) groups is 1. The Morgan fingerprint density at radius 1 is 1.07 bits per heavy atom. The second-order valence-electron chi connectivity index (χ2n) is 8.49. The van der Waals surface area contributed by atoms with Crippen molar-refractivity contribution < 1.29 is 9.90 Å². The summed E-state index contributed by atoms with van der Waals surface area (Å²) in [7, 11) is 0. The van der Waals surface area contributed by atoms with E-state index < -0.39 is 0 Å². The average Bonchev–Trinajstić information content (AvgIpc) is 3.42. The van der Waals surface area contributed by atoms with Gasteiger partial charge in [0.15, 0.2) is 0 Å². The molecule has 1 unspecified atom stereocenters. The Morgan fingerprint density at radius 2 is 1.77 bits per heavy atom. The molecule has 5 nitrogen and oxygen atoms in total. The number of anilines is 1. The molecule has 30 heavy (non-hydrogen) atoms. The molecular weight excluding hydrogens is 398 g/mol. The molecule has 2 atom stereocenters. The Kier molecular flexibility index (Phi) is 6.80. The second-order valence-corrected chi connectivity index (χ2v) is 8.93. The van der Waals surface area contributed by atoms with Crippen molar-refractivity contribution in [1.82, 2.24) is 10.2 Å². The first-order valence-electron chi connectivity index (χ1n) is 10.9. The fourth-order valence-corrected chi connectivity index (χ4v) is 4.66. The number of likely N-dealkylation sites (tertiary alicyclic amines) is 1. The monoisotopic (exact) mass is 427 g/mol. The van der Waals surface area contributed by atoms with Gasteiger partial charge < -0.3 is 20.2 Å². The maximum Gasteiger partial charge on any atom is 0.225 e. The molecule has 2 aliphatic heterocycles. The number of carbonyl (C=O) groups excluding carboxylic acids is 1. The Balaban J connectivity index is 1.37. The van der Waals surface area contributed by atoms with Crippen LogP contribution in [0.1, 0.15) is 24.8 Å². The van der Waals surface area contributed by atoms with Crippen LogP contribution >= 0.6 is 11.6 Å². The summed E-state index contributed by atoms with van der Waals surface area (Å²) in [5.74, 6) is 0.420. The normalized spacial score (nSPS) is 20.4. The highest BCUT2D eigenvalue weighted by Crippen LogP contribution is 2.25. The molecule has 2 aliphatic rings. The number of amides is 1. The van der Waals surface area contributed by atoms with Crippen molar-refractivity contribution in [2.45, 2.75) is 31.7 Å². The molecule has 0 spiro atoms. The fraction of sp³-hybridized carbons (Fsp3) is 0.458. The summed E-state index contributed by atoms with van der Waals surface area (Å²) in [6.45, 7) is 4.71. The Hall–Kier alpha value is -2.24. The van der Waals surface area contributed by atoms with Crippen LogP contribution in [0.15, 0.2) is 48.5 Å². The van der Waals surface area contributed by atoms with E-state index in [0.29, 0.717) is 0 Å². The highest BCUT2D eigenvalue weighted by Gasteiger charge is 2.30. The average molecular weight is 428 g/mol.